The van der Waals surface area contributed by atoms with Crippen LogP contribution < -0.4 is 5.69 Å². The first-order chi connectivity index (χ1) is 16.3. The van der Waals surface area contributed by atoms with E-state index in [0.717, 1.165) is 35.4 Å². The third-order valence-electron chi connectivity index (χ3n) is 6.06. The number of hydrogen-bond donors (Lipinski definition) is 1. The summed E-state index contributed by atoms with van der Waals surface area (Å²) in [5, 5.41) is 9.50. The number of benzene rings is 2. The largest absolute Gasteiger partial charge is 0.478 e. The molecule has 3 rings (SSSR count). The van der Waals surface area contributed by atoms with Crippen LogP contribution in [0.1, 0.15) is 60.8 Å². The fourth-order valence-electron chi connectivity index (χ4n) is 4.29. The van der Waals surface area contributed by atoms with E-state index in [-0.39, 0.29) is 11.3 Å². The van der Waals surface area contributed by atoms with E-state index in [0.29, 0.717) is 24.6 Å². The zero-order valence-electron chi connectivity index (χ0n) is 20.6. The molecule has 0 unspecified atom stereocenters. The van der Waals surface area contributed by atoms with Gasteiger partial charge in [-0.2, -0.15) is 0 Å². The molecule has 34 heavy (non-hydrogen) atoms. The second kappa shape index (κ2) is 11.3. The lowest BCUT2D eigenvalue weighted by Gasteiger charge is -2.18. The van der Waals surface area contributed by atoms with E-state index in [9.17, 15) is 14.7 Å². The Bertz CT molecular complexity index is 1170. The number of imidazole rings is 1. The van der Waals surface area contributed by atoms with Crippen molar-refractivity contribution in [3.05, 3.63) is 81.5 Å². The Labute approximate surface area is 200 Å². The summed E-state index contributed by atoms with van der Waals surface area (Å²) in [5.41, 5.74) is 4.31. The van der Waals surface area contributed by atoms with Crippen molar-refractivity contribution in [3.63, 3.8) is 0 Å². The zero-order valence-corrected chi connectivity index (χ0v) is 20.6. The van der Waals surface area contributed by atoms with Crippen molar-refractivity contribution in [2.75, 3.05) is 14.2 Å². The third kappa shape index (κ3) is 5.32. The average molecular weight is 467 g/mol. The van der Waals surface area contributed by atoms with E-state index in [2.05, 4.69) is 13.8 Å². The second-order valence-corrected chi connectivity index (χ2v) is 8.73. The summed E-state index contributed by atoms with van der Waals surface area (Å²) in [5.74, 6) is -0.473. The van der Waals surface area contributed by atoms with E-state index in [1.807, 2.05) is 41.8 Å². The maximum absolute atomic E-state index is 13.4. The molecule has 0 radical (unpaired) electrons. The van der Waals surface area contributed by atoms with E-state index in [1.165, 1.54) is 0 Å². The molecule has 7 nitrogen and oxygen atoms in total. The minimum Gasteiger partial charge on any atom is -0.478 e. The predicted molar refractivity (Wildman–Crippen MR) is 132 cm³/mol. The SMILES string of the molecule is CCn1c(C(OC)OC)c(CCC(C)C)n(Cc2ccc(-c3ccccc3C(=O)O)cc2)c1=O. The quantitative estimate of drug-likeness (QED) is 0.404. The Morgan fingerprint density at radius 3 is 2.21 bits per heavy atom. The van der Waals surface area contributed by atoms with Gasteiger partial charge in [-0.05, 0) is 48.4 Å². The molecule has 0 saturated carbocycles. The zero-order chi connectivity index (χ0) is 24.8. The summed E-state index contributed by atoms with van der Waals surface area (Å²) in [7, 11) is 3.16. The first-order valence-corrected chi connectivity index (χ1v) is 11.6. The van der Waals surface area contributed by atoms with Gasteiger partial charge in [-0.3, -0.25) is 9.13 Å². The Hall–Kier alpha value is -3.16. The van der Waals surface area contributed by atoms with Crippen LogP contribution in [0.5, 0.6) is 0 Å². The number of aromatic carboxylic acids is 1. The normalized spacial score (nSPS) is 11.5. The van der Waals surface area contributed by atoms with Crippen LogP contribution in [-0.4, -0.2) is 34.4 Å². The van der Waals surface area contributed by atoms with Gasteiger partial charge < -0.3 is 14.6 Å². The monoisotopic (exact) mass is 466 g/mol. The highest BCUT2D eigenvalue weighted by atomic mass is 16.7. The second-order valence-electron chi connectivity index (χ2n) is 8.73. The summed E-state index contributed by atoms with van der Waals surface area (Å²) < 4.78 is 14.6. The third-order valence-corrected chi connectivity index (χ3v) is 6.06. The molecule has 0 aliphatic heterocycles. The maximum atomic E-state index is 13.4. The van der Waals surface area contributed by atoms with Crippen molar-refractivity contribution < 1.29 is 19.4 Å². The molecule has 0 fully saturated rings. The lowest BCUT2D eigenvalue weighted by molar-refractivity contribution is -0.111. The summed E-state index contributed by atoms with van der Waals surface area (Å²) >= 11 is 0. The average Bonchev–Trinajstić information content (AvgIpc) is 3.09. The van der Waals surface area contributed by atoms with E-state index < -0.39 is 12.3 Å². The summed E-state index contributed by atoms with van der Waals surface area (Å²) in [6.07, 6.45) is 1.05. The molecule has 0 amide bonds. The van der Waals surface area contributed by atoms with E-state index in [4.69, 9.17) is 9.47 Å². The van der Waals surface area contributed by atoms with Crippen molar-refractivity contribution in [2.45, 2.75) is 53.0 Å². The van der Waals surface area contributed by atoms with Gasteiger partial charge in [0.05, 0.1) is 17.8 Å². The number of ether oxygens (including phenoxy) is 2. The van der Waals surface area contributed by atoms with Crippen LogP contribution in [0.2, 0.25) is 0 Å². The van der Waals surface area contributed by atoms with Crippen LogP contribution in [0.4, 0.5) is 0 Å². The van der Waals surface area contributed by atoms with Gasteiger partial charge in [-0.1, -0.05) is 56.3 Å². The predicted octanol–water partition coefficient (Wildman–Crippen LogP) is 4.96. The molecule has 0 spiro atoms. The highest BCUT2D eigenvalue weighted by Gasteiger charge is 2.26. The van der Waals surface area contributed by atoms with Crippen LogP contribution in [0, 0.1) is 5.92 Å². The highest BCUT2D eigenvalue weighted by molar-refractivity contribution is 5.95. The van der Waals surface area contributed by atoms with Gasteiger partial charge >= 0.3 is 11.7 Å². The number of methoxy groups -OCH3 is 2. The van der Waals surface area contributed by atoms with Crippen LogP contribution in [0.15, 0.2) is 53.3 Å². The lowest BCUT2D eigenvalue weighted by Crippen LogP contribution is -2.26. The minimum atomic E-state index is -0.958. The molecule has 0 aliphatic rings. The van der Waals surface area contributed by atoms with Crippen molar-refractivity contribution in [2.24, 2.45) is 5.92 Å². The Kier molecular flexibility index (Phi) is 8.47. The molecular weight excluding hydrogens is 432 g/mol. The van der Waals surface area contributed by atoms with Crippen molar-refractivity contribution in [3.8, 4) is 11.1 Å². The molecule has 1 aromatic heterocycles. The summed E-state index contributed by atoms with van der Waals surface area (Å²) in [6.45, 7) is 7.20. The molecule has 182 valence electrons. The first kappa shape index (κ1) is 25.5. The van der Waals surface area contributed by atoms with Crippen LogP contribution >= 0.6 is 0 Å². The molecule has 1 heterocycles. The number of carboxylic acids is 1. The molecule has 2 aromatic carbocycles. The molecule has 7 heteroatoms. The van der Waals surface area contributed by atoms with Gasteiger partial charge in [0.25, 0.3) is 0 Å². The van der Waals surface area contributed by atoms with E-state index >= 15 is 0 Å². The number of rotatable bonds is 11. The van der Waals surface area contributed by atoms with Gasteiger partial charge in [-0.25, -0.2) is 9.59 Å². The topological polar surface area (TPSA) is 82.7 Å². The molecule has 0 bridgehead atoms. The molecule has 3 aromatic rings. The van der Waals surface area contributed by atoms with Crippen molar-refractivity contribution in [1.82, 2.24) is 9.13 Å². The van der Waals surface area contributed by atoms with Crippen LogP contribution in [-0.2, 0) is 29.0 Å². The number of carboxylic acid groups (broad SMARTS) is 1. The number of hydrogen-bond acceptors (Lipinski definition) is 4. The molecular formula is C27H34N2O5. The molecule has 1 N–H and O–H groups in total. The number of nitrogens with zero attached hydrogens (tertiary/aromatic N) is 2. The van der Waals surface area contributed by atoms with Crippen molar-refractivity contribution >= 4 is 5.97 Å². The standard InChI is InChI=1S/C27H34N2O5/c1-6-28-24(26(33-4)34-5)23(16-11-18(2)3)29(27(28)32)17-19-12-14-20(15-13-19)21-9-7-8-10-22(21)25(30)31/h7-10,12-15,18,26H,6,11,16-17H2,1-5H3,(H,30,31). The molecule has 0 aliphatic carbocycles. The van der Waals surface area contributed by atoms with Gasteiger partial charge in [0.1, 0.15) is 0 Å². The number of aromatic nitrogens is 2. The summed E-state index contributed by atoms with van der Waals surface area (Å²) in [6, 6.07) is 14.6. The van der Waals surface area contributed by atoms with Gasteiger partial charge in [0.2, 0.25) is 0 Å². The first-order valence-electron chi connectivity index (χ1n) is 11.6. The smallest absolute Gasteiger partial charge is 0.336 e. The highest BCUT2D eigenvalue weighted by Crippen LogP contribution is 2.26. The van der Waals surface area contributed by atoms with Crippen molar-refractivity contribution in [1.29, 1.82) is 0 Å². The Balaban J connectivity index is 2.02. The fourth-order valence-corrected chi connectivity index (χ4v) is 4.29. The lowest BCUT2D eigenvalue weighted by atomic mass is 9.98. The van der Waals surface area contributed by atoms with E-state index in [1.54, 1.807) is 37.0 Å². The maximum Gasteiger partial charge on any atom is 0.336 e. The van der Waals surface area contributed by atoms with Crippen LogP contribution in [0.3, 0.4) is 0 Å². The van der Waals surface area contributed by atoms with Gasteiger partial charge in [0, 0.05) is 26.5 Å². The number of carbonyl (C=O) groups is 1. The molecule has 0 saturated heterocycles. The van der Waals surface area contributed by atoms with Gasteiger partial charge in [0.15, 0.2) is 6.29 Å². The Morgan fingerprint density at radius 2 is 1.65 bits per heavy atom. The van der Waals surface area contributed by atoms with Crippen LogP contribution in [0.25, 0.3) is 11.1 Å². The fraction of sp³-hybridized carbons (Fsp3) is 0.407. The Morgan fingerprint density at radius 1 is 1.00 bits per heavy atom. The minimum absolute atomic E-state index is 0.0874. The van der Waals surface area contributed by atoms with Gasteiger partial charge in [-0.15, -0.1) is 0 Å². The summed E-state index contributed by atoms with van der Waals surface area (Å²) in [4.78, 5) is 25.0. The molecule has 0 atom stereocenters.